The number of ether oxygens (including phenoxy) is 3. The minimum Gasteiger partial charge on any atom is -0.493 e. The van der Waals surface area contributed by atoms with E-state index in [1.54, 1.807) is 36.3 Å². The predicted octanol–water partition coefficient (Wildman–Crippen LogP) is 4.67. The summed E-state index contributed by atoms with van der Waals surface area (Å²) in [5.74, 6) is 1.33. The van der Waals surface area contributed by atoms with Crippen LogP contribution in [0.25, 0.3) is 0 Å². The fourth-order valence-corrected chi connectivity index (χ4v) is 3.31. The summed E-state index contributed by atoms with van der Waals surface area (Å²) in [6, 6.07) is 9.81. The largest absolute Gasteiger partial charge is 0.493 e. The molecule has 0 fully saturated rings. The van der Waals surface area contributed by atoms with Crippen LogP contribution in [0.1, 0.15) is 30.7 Å². The molecule has 1 amide bonds. The van der Waals surface area contributed by atoms with Gasteiger partial charge in [0.25, 0.3) is 5.91 Å². The van der Waals surface area contributed by atoms with Gasteiger partial charge in [0.1, 0.15) is 12.7 Å². The van der Waals surface area contributed by atoms with Gasteiger partial charge in [-0.25, -0.2) is 0 Å². The van der Waals surface area contributed by atoms with Gasteiger partial charge in [-0.3, -0.25) is 4.79 Å². The van der Waals surface area contributed by atoms with Gasteiger partial charge in [-0.1, -0.05) is 18.2 Å². The summed E-state index contributed by atoms with van der Waals surface area (Å²) in [5.41, 5.74) is 0.980. The molecule has 1 aromatic carbocycles. The number of likely N-dealkylation sites (N-methyl/N-ethyl adjacent to an activating group) is 1. The number of hydrogen-bond donors (Lipinski definition) is 0. The monoisotopic (exact) mass is 403 g/mol. The van der Waals surface area contributed by atoms with Crippen molar-refractivity contribution >= 4 is 17.2 Å². The molecule has 0 aliphatic heterocycles. The van der Waals surface area contributed by atoms with Crippen molar-refractivity contribution in [1.29, 1.82) is 0 Å². The fraction of sp³-hybridized carbons (Fsp3) is 0.409. The number of carbonyl (C=O) groups excluding carboxylic acids is 1. The van der Waals surface area contributed by atoms with E-state index in [0.29, 0.717) is 37.8 Å². The summed E-state index contributed by atoms with van der Waals surface area (Å²) < 4.78 is 17.0. The third-order valence-corrected chi connectivity index (χ3v) is 5.13. The Balaban J connectivity index is 2.00. The van der Waals surface area contributed by atoms with Crippen molar-refractivity contribution in [3.8, 4) is 11.5 Å². The van der Waals surface area contributed by atoms with Crippen molar-refractivity contribution in [3.63, 3.8) is 0 Å². The van der Waals surface area contributed by atoms with Crippen LogP contribution in [0.4, 0.5) is 0 Å². The number of hydrogen-bond acceptors (Lipinski definition) is 5. The maximum Gasteiger partial charge on any atom is 0.251 e. The van der Waals surface area contributed by atoms with E-state index in [4.69, 9.17) is 14.2 Å². The van der Waals surface area contributed by atoms with Crippen LogP contribution in [-0.2, 0) is 22.7 Å². The minimum atomic E-state index is -0.477. The molecule has 28 heavy (non-hydrogen) atoms. The Labute approximate surface area is 171 Å². The Bertz CT molecular complexity index is 745. The average Bonchev–Trinajstić information content (AvgIpc) is 3.24. The number of amides is 1. The second kappa shape index (κ2) is 11.5. The molecule has 0 spiro atoms. The molecule has 0 N–H and O–H groups in total. The molecule has 0 bridgehead atoms. The van der Waals surface area contributed by atoms with Crippen molar-refractivity contribution in [2.75, 3.05) is 20.3 Å². The Hall–Kier alpha value is -2.31. The molecule has 2 rings (SSSR count). The second-order valence-electron chi connectivity index (χ2n) is 6.30. The van der Waals surface area contributed by atoms with Gasteiger partial charge in [0, 0.05) is 18.0 Å². The maximum atomic E-state index is 12.6. The van der Waals surface area contributed by atoms with Crippen LogP contribution in [0.2, 0.25) is 0 Å². The number of rotatable bonds is 12. The normalized spacial score (nSPS) is 11.7. The lowest BCUT2D eigenvalue weighted by atomic mass is 10.1. The molecule has 152 valence electrons. The molecule has 1 unspecified atom stereocenters. The number of thiophene rings is 1. The highest BCUT2D eigenvalue weighted by Crippen LogP contribution is 2.29. The van der Waals surface area contributed by atoms with E-state index >= 15 is 0 Å². The molecule has 2 aromatic rings. The number of methoxy groups -OCH3 is 1. The van der Waals surface area contributed by atoms with Crippen LogP contribution in [0.5, 0.6) is 11.5 Å². The topological polar surface area (TPSA) is 48.0 Å². The quantitative estimate of drug-likeness (QED) is 0.382. The summed E-state index contributed by atoms with van der Waals surface area (Å²) in [5, 5.41) is 2.03. The molecule has 0 saturated heterocycles. The highest BCUT2D eigenvalue weighted by molar-refractivity contribution is 7.09. The van der Waals surface area contributed by atoms with Crippen LogP contribution >= 0.6 is 11.3 Å². The first-order valence-corrected chi connectivity index (χ1v) is 10.3. The predicted molar refractivity (Wildman–Crippen MR) is 113 cm³/mol. The van der Waals surface area contributed by atoms with E-state index in [1.165, 1.54) is 0 Å². The molecule has 0 aliphatic carbocycles. The Morgan fingerprint density at radius 2 is 2.14 bits per heavy atom. The molecule has 0 saturated carbocycles. The lowest BCUT2D eigenvalue weighted by molar-refractivity contribution is -0.143. The Kier molecular flexibility index (Phi) is 9.04. The van der Waals surface area contributed by atoms with Gasteiger partial charge >= 0.3 is 0 Å². The third-order valence-electron chi connectivity index (χ3n) is 4.28. The third kappa shape index (κ3) is 6.39. The standard InChI is InChI=1S/C22H29NO4S/c1-5-7-12-26-17(3)22(24)23(6-2)15-18-10-11-20(21(14-18)25-4)27-16-19-9-8-13-28-19/h5,8-11,13-14,17H,1,6-7,12,15-16H2,2-4H3. The van der Waals surface area contributed by atoms with Gasteiger partial charge in [0.2, 0.25) is 0 Å². The summed E-state index contributed by atoms with van der Waals surface area (Å²) >= 11 is 1.66. The average molecular weight is 404 g/mol. The van der Waals surface area contributed by atoms with Crippen LogP contribution in [0.3, 0.4) is 0 Å². The lowest BCUT2D eigenvalue weighted by Crippen LogP contribution is -2.38. The van der Waals surface area contributed by atoms with Gasteiger partial charge in [-0.2, -0.15) is 0 Å². The smallest absolute Gasteiger partial charge is 0.251 e. The number of carbonyl (C=O) groups is 1. The van der Waals surface area contributed by atoms with Gasteiger partial charge in [0.05, 0.1) is 13.7 Å². The van der Waals surface area contributed by atoms with Crippen molar-refractivity contribution in [3.05, 3.63) is 58.8 Å². The van der Waals surface area contributed by atoms with Crippen molar-refractivity contribution in [2.24, 2.45) is 0 Å². The van der Waals surface area contributed by atoms with Crippen molar-refractivity contribution < 1.29 is 19.0 Å². The zero-order valence-corrected chi connectivity index (χ0v) is 17.7. The molecule has 6 heteroatoms. The van der Waals surface area contributed by atoms with E-state index in [2.05, 4.69) is 6.58 Å². The summed E-state index contributed by atoms with van der Waals surface area (Å²) in [7, 11) is 1.62. The number of nitrogens with zero attached hydrogens (tertiary/aromatic N) is 1. The van der Waals surface area contributed by atoms with E-state index in [1.807, 2.05) is 42.6 Å². The molecule has 0 radical (unpaired) electrons. The van der Waals surface area contributed by atoms with Crippen LogP contribution < -0.4 is 9.47 Å². The summed E-state index contributed by atoms with van der Waals surface area (Å²) in [6.45, 7) is 9.51. The van der Waals surface area contributed by atoms with E-state index in [-0.39, 0.29) is 5.91 Å². The van der Waals surface area contributed by atoms with Crippen molar-refractivity contribution in [2.45, 2.75) is 39.5 Å². The summed E-state index contributed by atoms with van der Waals surface area (Å²) in [6.07, 6.45) is 2.03. The van der Waals surface area contributed by atoms with Gasteiger partial charge in [-0.15, -0.1) is 17.9 Å². The van der Waals surface area contributed by atoms with Gasteiger partial charge < -0.3 is 19.1 Å². The lowest BCUT2D eigenvalue weighted by Gasteiger charge is -2.25. The zero-order valence-electron chi connectivity index (χ0n) is 16.8. The van der Waals surface area contributed by atoms with Crippen LogP contribution in [-0.4, -0.2) is 37.2 Å². The first-order valence-electron chi connectivity index (χ1n) is 9.42. The molecular weight excluding hydrogens is 374 g/mol. The highest BCUT2D eigenvalue weighted by atomic mass is 32.1. The van der Waals surface area contributed by atoms with Gasteiger partial charge in [-0.05, 0) is 49.4 Å². The molecule has 1 heterocycles. The molecule has 5 nitrogen and oxygen atoms in total. The SMILES string of the molecule is C=CCCOC(C)C(=O)N(CC)Cc1ccc(OCc2cccs2)c(OC)c1. The van der Waals surface area contributed by atoms with Crippen LogP contribution in [0, 0.1) is 0 Å². The van der Waals surface area contributed by atoms with Gasteiger partial charge in [0.15, 0.2) is 11.5 Å². The molecule has 0 aliphatic rings. The summed E-state index contributed by atoms with van der Waals surface area (Å²) in [4.78, 5) is 15.6. The first kappa shape index (κ1) is 22.0. The second-order valence-corrected chi connectivity index (χ2v) is 7.33. The minimum absolute atomic E-state index is 0.0245. The number of benzene rings is 1. The first-order chi connectivity index (χ1) is 13.6. The molecule has 1 aromatic heterocycles. The van der Waals surface area contributed by atoms with E-state index < -0.39 is 6.10 Å². The molecular formula is C22H29NO4S. The van der Waals surface area contributed by atoms with Crippen LogP contribution in [0.15, 0.2) is 48.4 Å². The zero-order chi connectivity index (χ0) is 20.4. The maximum absolute atomic E-state index is 12.6. The van der Waals surface area contributed by atoms with E-state index in [0.717, 1.165) is 16.9 Å². The highest BCUT2D eigenvalue weighted by Gasteiger charge is 2.20. The fourth-order valence-electron chi connectivity index (χ4n) is 2.70. The Morgan fingerprint density at radius 1 is 1.32 bits per heavy atom. The van der Waals surface area contributed by atoms with E-state index in [9.17, 15) is 4.79 Å². The Morgan fingerprint density at radius 3 is 2.79 bits per heavy atom. The van der Waals surface area contributed by atoms with Crippen molar-refractivity contribution in [1.82, 2.24) is 4.90 Å². The molecule has 1 atom stereocenters.